The molecule has 5 heteroatoms. The Bertz CT molecular complexity index is 643. The number of ketones is 1. The van der Waals surface area contributed by atoms with Crippen LogP contribution in [0.5, 0.6) is 0 Å². The van der Waals surface area contributed by atoms with Crippen molar-refractivity contribution in [2.45, 2.75) is 6.42 Å². The summed E-state index contributed by atoms with van der Waals surface area (Å²) in [4.78, 5) is 12.1. The first-order chi connectivity index (χ1) is 8.99. The van der Waals surface area contributed by atoms with Crippen LogP contribution < -0.4 is 0 Å². The van der Waals surface area contributed by atoms with Crippen molar-refractivity contribution >= 4 is 44.9 Å². The molecule has 0 aliphatic heterocycles. The van der Waals surface area contributed by atoms with Gasteiger partial charge >= 0.3 is 0 Å². The van der Waals surface area contributed by atoms with Crippen LogP contribution in [0.3, 0.4) is 0 Å². The Balaban J connectivity index is 2.26. The highest BCUT2D eigenvalue weighted by Crippen LogP contribution is 2.25. The molecule has 0 N–H and O–H groups in total. The van der Waals surface area contributed by atoms with Gasteiger partial charge in [0, 0.05) is 16.5 Å². The van der Waals surface area contributed by atoms with Crippen LogP contribution in [-0.2, 0) is 6.42 Å². The van der Waals surface area contributed by atoms with E-state index < -0.39 is 5.82 Å². The van der Waals surface area contributed by atoms with E-state index in [0.717, 1.165) is 0 Å². The number of hydrogen-bond donors (Lipinski definition) is 0. The molecule has 0 fully saturated rings. The van der Waals surface area contributed by atoms with E-state index in [-0.39, 0.29) is 22.8 Å². The third kappa shape index (κ3) is 3.35. The zero-order valence-electron chi connectivity index (χ0n) is 9.59. The molecule has 0 atom stereocenters. The Morgan fingerprint density at radius 1 is 1.16 bits per heavy atom. The topological polar surface area (TPSA) is 17.1 Å². The summed E-state index contributed by atoms with van der Waals surface area (Å²) in [6.07, 6.45) is -0.0512. The van der Waals surface area contributed by atoms with Gasteiger partial charge in [0.05, 0.1) is 10.0 Å². The van der Waals surface area contributed by atoms with Gasteiger partial charge in [0.25, 0.3) is 0 Å². The summed E-state index contributed by atoms with van der Waals surface area (Å²) in [6, 6.07) is 9.48. The minimum atomic E-state index is -0.555. The first kappa shape index (κ1) is 14.5. The number of carbonyl (C=O) groups is 1. The zero-order valence-corrected chi connectivity index (χ0v) is 12.7. The molecule has 0 bridgehead atoms. The lowest BCUT2D eigenvalue weighted by atomic mass is 10.0. The quantitative estimate of drug-likeness (QED) is 0.676. The Morgan fingerprint density at radius 3 is 2.58 bits per heavy atom. The standard InChI is InChI=1S/C14H8BrCl2FO/c15-10-5-4-8(6-12(10)17)13(19)7-9-2-1-3-11(16)14(9)18/h1-6H,7H2. The summed E-state index contributed by atoms with van der Waals surface area (Å²) in [5, 5.41) is 0.455. The molecule has 0 amide bonds. The van der Waals surface area contributed by atoms with E-state index in [1.807, 2.05) is 0 Å². The van der Waals surface area contributed by atoms with Gasteiger partial charge in [0.15, 0.2) is 5.78 Å². The van der Waals surface area contributed by atoms with Crippen LogP contribution >= 0.6 is 39.1 Å². The van der Waals surface area contributed by atoms with Crippen molar-refractivity contribution in [1.82, 2.24) is 0 Å². The van der Waals surface area contributed by atoms with Crippen LogP contribution in [0.15, 0.2) is 40.9 Å². The molecule has 0 spiro atoms. The molecular weight excluding hydrogens is 354 g/mol. The maximum absolute atomic E-state index is 13.7. The minimum Gasteiger partial charge on any atom is -0.294 e. The summed E-state index contributed by atoms with van der Waals surface area (Å²) in [6.45, 7) is 0. The summed E-state index contributed by atoms with van der Waals surface area (Å²) in [7, 11) is 0. The molecule has 0 radical (unpaired) electrons. The van der Waals surface area contributed by atoms with E-state index in [1.165, 1.54) is 6.07 Å². The second kappa shape index (κ2) is 6.04. The van der Waals surface area contributed by atoms with Crippen molar-refractivity contribution in [3.63, 3.8) is 0 Å². The van der Waals surface area contributed by atoms with Crippen LogP contribution in [0, 0.1) is 5.82 Å². The first-order valence-electron chi connectivity index (χ1n) is 5.40. The van der Waals surface area contributed by atoms with Gasteiger partial charge in [0.2, 0.25) is 0 Å². The monoisotopic (exact) mass is 360 g/mol. The lowest BCUT2D eigenvalue weighted by Crippen LogP contribution is -2.05. The van der Waals surface area contributed by atoms with Crippen LogP contribution in [-0.4, -0.2) is 5.78 Å². The van der Waals surface area contributed by atoms with Gasteiger partial charge < -0.3 is 0 Å². The third-order valence-electron chi connectivity index (χ3n) is 2.62. The van der Waals surface area contributed by atoms with Gasteiger partial charge in [-0.2, -0.15) is 0 Å². The van der Waals surface area contributed by atoms with Crippen molar-refractivity contribution in [3.8, 4) is 0 Å². The van der Waals surface area contributed by atoms with Crippen LogP contribution in [0.25, 0.3) is 0 Å². The van der Waals surface area contributed by atoms with Crippen molar-refractivity contribution in [3.05, 3.63) is 67.9 Å². The SMILES string of the molecule is O=C(Cc1cccc(Cl)c1F)c1ccc(Br)c(Cl)c1. The van der Waals surface area contributed by atoms with E-state index in [2.05, 4.69) is 15.9 Å². The zero-order chi connectivity index (χ0) is 14.0. The number of Topliss-reactive ketones (excluding diaryl/α,β-unsaturated/α-hetero) is 1. The van der Waals surface area contributed by atoms with E-state index >= 15 is 0 Å². The largest absolute Gasteiger partial charge is 0.294 e. The molecule has 98 valence electrons. The number of hydrogen-bond acceptors (Lipinski definition) is 1. The molecule has 19 heavy (non-hydrogen) atoms. The maximum atomic E-state index is 13.7. The molecule has 2 aromatic rings. The van der Waals surface area contributed by atoms with Gasteiger partial charge in [-0.15, -0.1) is 0 Å². The molecule has 0 aliphatic rings. The van der Waals surface area contributed by atoms with E-state index in [0.29, 0.717) is 15.1 Å². The molecule has 0 heterocycles. The molecule has 0 saturated carbocycles. The fourth-order valence-electron chi connectivity index (χ4n) is 1.63. The van der Waals surface area contributed by atoms with E-state index in [1.54, 1.807) is 30.3 Å². The molecule has 0 unspecified atom stereocenters. The van der Waals surface area contributed by atoms with Crippen LogP contribution in [0.1, 0.15) is 15.9 Å². The Labute approximate surface area is 128 Å². The van der Waals surface area contributed by atoms with Gasteiger partial charge in [-0.1, -0.05) is 41.4 Å². The lowest BCUT2D eigenvalue weighted by molar-refractivity contribution is 0.0992. The second-order valence-electron chi connectivity index (χ2n) is 3.94. The number of benzene rings is 2. The predicted molar refractivity (Wildman–Crippen MR) is 78.6 cm³/mol. The molecule has 1 nitrogen and oxygen atoms in total. The molecule has 0 saturated heterocycles. The highest BCUT2D eigenvalue weighted by molar-refractivity contribution is 9.10. The van der Waals surface area contributed by atoms with Crippen molar-refractivity contribution in [1.29, 1.82) is 0 Å². The summed E-state index contributed by atoms with van der Waals surface area (Å²) >= 11 is 14.8. The van der Waals surface area contributed by atoms with Gasteiger partial charge in [-0.25, -0.2) is 4.39 Å². The average Bonchev–Trinajstić information content (AvgIpc) is 2.38. The van der Waals surface area contributed by atoms with Gasteiger partial charge in [0.1, 0.15) is 5.82 Å². The molecular formula is C14H8BrCl2FO. The highest BCUT2D eigenvalue weighted by atomic mass is 79.9. The average molecular weight is 362 g/mol. The molecule has 0 aromatic heterocycles. The first-order valence-corrected chi connectivity index (χ1v) is 6.95. The summed E-state index contributed by atoms with van der Waals surface area (Å²) in [5.74, 6) is -0.767. The van der Waals surface area contributed by atoms with Crippen molar-refractivity contribution in [2.24, 2.45) is 0 Å². The Hall–Kier alpha value is -0.900. The van der Waals surface area contributed by atoms with Crippen molar-refractivity contribution in [2.75, 3.05) is 0 Å². The second-order valence-corrected chi connectivity index (χ2v) is 5.61. The summed E-state index contributed by atoms with van der Waals surface area (Å²) < 4.78 is 14.4. The van der Waals surface area contributed by atoms with Crippen LogP contribution in [0.4, 0.5) is 4.39 Å². The predicted octanol–water partition coefficient (Wildman–Crippen LogP) is 5.32. The lowest BCUT2D eigenvalue weighted by Gasteiger charge is -2.05. The number of halogens is 4. The normalized spacial score (nSPS) is 10.5. The Kier molecular flexibility index (Phi) is 4.61. The summed E-state index contributed by atoms with van der Waals surface area (Å²) in [5.41, 5.74) is 0.712. The Morgan fingerprint density at radius 2 is 1.89 bits per heavy atom. The molecule has 2 aromatic carbocycles. The maximum Gasteiger partial charge on any atom is 0.167 e. The fraction of sp³-hybridized carbons (Fsp3) is 0.0714. The fourth-order valence-corrected chi connectivity index (χ4v) is 2.25. The highest BCUT2D eigenvalue weighted by Gasteiger charge is 2.13. The molecule has 2 rings (SSSR count). The number of rotatable bonds is 3. The smallest absolute Gasteiger partial charge is 0.167 e. The van der Waals surface area contributed by atoms with E-state index in [4.69, 9.17) is 23.2 Å². The van der Waals surface area contributed by atoms with Gasteiger partial charge in [-0.05, 0) is 39.7 Å². The van der Waals surface area contributed by atoms with Gasteiger partial charge in [-0.3, -0.25) is 4.79 Å². The number of carbonyl (C=O) groups excluding carboxylic acids is 1. The van der Waals surface area contributed by atoms with Crippen molar-refractivity contribution < 1.29 is 9.18 Å². The van der Waals surface area contributed by atoms with E-state index in [9.17, 15) is 9.18 Å². The third-order valence-corrected chi connectivity index (χ3v) is 4.15. The minimum absolute atomic E-state index is 0.0131. The van der Waals surface area contributed by atoms with Crippen LogP contribution in [0.2, 0.25) is 10.0 Å². The molecule has 0 aliphatic carbocycles.